The lowest BCUT2D eigenvalue weighted by atomic mass is 10.2. The van der Waals surface area contributed by atoms with E-state index in [1.54, 1.807) is 11.1 Å². The van der Waals surface area contributed by atoms with Crippen LogP contribution in [0.5, 0.6) is 0 Å². The number of aromatic nitrogens is 2. The highest BCUT2D eigenvalue weighted by Crippen LogP contribution is 2.23. The summed E-state index contributed by atoms with van der Waals surface area (Å²) in [6, 6.07) is 11.4. The van der Waals surface area contributed by atoms with E-state index < -0.39 is 5.82 Å². The van der Waals surface area contributed by atoms with Crippen LogP contribution in [0.1, 0.15) is 0 Å². The van der Waals surface area contributed by atoms with E-state index in [-0.39, 0.29) is 6.61 Å². The molecule has 0 aliphatic carbocycles. The fraction of sp³-hybridized carbons (Fsp3) is 0.133. The summed E-state index contributed by atoms with van der Waals surface area (Å²) < 4.78 is 15.8. The van der Waals surface area contributed by atoms with E-state index >= 15 is 0 Å². The number of fused-ring (bicyclic) bond motifs is 1. The Morgan fingerprint density at radius 3 is 2.85 bits per heavy atom. The molecule has 0 atom stereocenters. The Bertz CT molecular complexity index is 726. The van der Waals surface area contributed by atoms with Crippen LogP contribution in [0.2, 0.25) is 0 Å². The molecule has 1 aromatic carbocycles. The molecule has 102 valence electrons. The molecule has 2 aromatic heterocycles. The summed E-state index contributed by atoms with van der Waals surface area (Å²) in [6.45, 7) is 0.216. The van der Waals surface area contributed by atoms with Crippen molar-refractivity contribution in [1.29, 1.82) is 0 Å². The first-order chi connectivity index (χ1) is 9.81. The van der Waals surface area contributed by atoms with Gasteiger partial charge in [-0.15, -0.1) is 0 Å². The Kier molecular flexibility index (Phi) is 3.35. The first-order valence-corrected chi connectivity index (χ1v) is 6.35. The quantitative estimate of drug-likeness (QED) is 0.792. The van der Waals surface area contributed by atoms with Crippen molar-refractivity contribution in [2.75, 3.05) is 18.2 Å². The third kappa shape index (κ3) is 2.12. The molecule has 20 heavy (non-hydrogen) atoms. The van der Waals surface area contributed by atoms with Crippen molar-refractivity contribution in [2.45, 2.75) is 0 Å². The number of benzene rings is 1. The SMILES string of the molecule is OCCN(c1ccncc1F)n1ccc2ccccc21. The zero-order chi connectivity index (χ0) is 13.9. The molecule has 3 aromatic rings. The minimum atomic E-state index is -0.418. The van der Waals surface area contributed by atoms with Crippen molar-refractivity contribution in [3.05, 3.63) is 60.8 Å². The molecule has 0 unspecified atom stereocenters. The van der Waals surface area contributed by atoms with Gasteiger partial charge >= 0.3 is 0 Å². The maximum Gasteiger partial charge on any atom is 0.166 e. The van der Waals surface area contributed by atoms with Gasteiger partial charge in [0.2, 0.25) is 0 Å². The highest BCUT2D eigenvalue weighted by atomic mass is 19.1. The minimum absolute atomic E-state index is 0.0751. The summed E-state index contributed by atoms with van der Waals surface area (Å²) in [5, 5.41) is 12.0. The topological polar surface area (TPSA) is 41.3 Å². The van der Waals surface area contributed by atoms with Crippen LogP contribution in [0.3, 0.4) is 0 Å². The Morgan fingerprint density at radius 2 is 2.05 bits per heavy atom. The van der Waals surface area contributed by atoms with E-state index in [1.807, 2.05) is 41.2 Å². The lowest BCUT2D eigenvalue weighted by molar-refractivity contribution is 0.298. The van der Waals surface area contributed by atoms with Crippen LogP contribution in [0.25, 0.3) is 10.9 Å². The average Bonchev–Trinajstić information content (AvgIpc) is 2.90. The molecule has 0 amide bonds. The van der Waals surface area contributed by atoms with Gasteiger partial charge in [-0.2, -0.15) is 0 Å². The molecule has 0 radical (unpaired) electrons. The number of hydrogen-bond donors (Lipinski definition) is 1. The number of aliphatic hydroxyl groups excluding tert-OH is 1. The summed E-state index contributed by atoms with van der Waals surface area (Å²) in [4.78, 5) is 3.76. The van der Waals surface area contributed by atoms with E-state index in [2.05, 4.69) is 4.98 Å². The van der Waals surface area contributed by atoms with Gasteiger partial charge in [-0.3, -0.25) is 14.7 Å². The fourth-order valence-electron chi connectivity index (χ4n) is 2.29. The van der Waals surface area contributed by atoms with E-state index in [4.69, 9.17) is 0 Å². The largest absolute Gasteiger partial charge is 0.394 e. The molecule has 0 aliphatic rings. The molecule has 4 nitrogen and oxygen atoms in total. The summed E-state index contributed by atoms with van der Waals surface area (Å²) >= 11 is 0. The van der Waals surface area contributed by atoms with Crippen molar-refractivity contribution in [3.8, 4) is 0 Å². The first-order valence-electron chi connectivity index (χ1n) is 6.35. The fourth-order valence-corrected chi connectivity index (χ4v) is 2.29. The van der Waals surface area contributed by atoms with Gasteiger partial charge in [0.25, 0.3) is 0 Å². The van der Waals surface area contributed by atoms with Crippen molar-refractivity contribution >= 4 is 16.6 Å². The third-order valence-electron chi connectivity index (χ3n) is 3.18. The number of hydrogen-bond acceptors (Lipinski definition) is 3. The highest BCUT2D eigenvalue weighted by Gasteiger charge is 2.14. The summed E-state index contributed by atoms with van der Waals surface area (Å²) in [6.07, 6.45) is 4.57. The van der Waals surface area contributed by atoms with Crippen molar-refractivity contribution in [1.82, 2.24) is 9.66 Å². The number of pyridine rings is 1. The monoisotopic (exact) mass is 271 g/mol. The molecule has 3 rings (SSSR count). The molecule has 0 saturated carbocycles. The number of aliphatic hydroxyl groups is 1. The Hall–Kier alpha value is -2.40. The molecule has 2 heterocycles. The molecule has 1 N–H and O–H groups in total. The van der Waals surface area contributed by atoms with Crippen molar-refractivity contribution in [2.24, 2.45) is 0 Å². The predicted molar refractivity (Wildman–Crippen MR) is 76.0 cm³/mol. The standard InChI is InChI=1S/C15H14FN3O/c16-13-11-17-7-5-15(13)19(9-10-20)18-8-6-12-3-1-2-4-14(12)18/h1-8,11,20H,9-10H2. The van der Waals surface area contributed by atoms with Crippen LogP contribution in [0.4, 0.5) is 10.1 Å². The molecule has 0 saturated heterocycles. The number of anilines is 1. The molecule has 0 bridgehead atoms. The predicted octanol–water partition coefficient (Wildman–Crippen LogP) is 2.44. The van der Waals surface area contributed by atoms with Gasteiger partial charge in [0, 0.05) is 17.8 Å². The van der Waals surface area contributed by atoms with Gasteiger partial charge in [0.05, 0.1) is 30.6 Å². The lowest BCUT2D eigenvalue weighted by Crippen LogP contribution is -2.32. The lowest BCUT2D eigenvalue weighted by Gasteiger charge is -2.26. The number of halogens is 1. The average molecular weight is 271 g/mol. The molecular weight excluding hydrogens is 257 g/mol. The second-order valence-electron chi connectivity index (χ2n) is 4.39. The van der Waals surface area contributed by atoms with Crippen LogP contribution in [0.15, 0.2) is 55.0 Å². The normalized spacial score (nSPS) is 10.9. The summed E-state index contributed by atoms with van der Waals surface area (Å²) in [5.41, 5.74) is 1.34. The third-order valence-corrected chi connectivity index (χ3v) is 3.18. The summed E-state index contributed by atoms with van der Waals surface area (Å²) in [7, 11) is 0. The zero-order valence-corrected chi connectivity index (χ0v) is 10.8. The maximum atomic E-state index is 14.0. The highest BCUT2D eigenvalue weighted by molar-refractivity contribution is 5.80. The second kappa shape index (κ2) is 5.30. The van der Waals surface area contributed by atoms with Crippen molar-refractivity contribution < 1.29 is 9.50 Å². The van der Waals surface area contributed by atoms with Gasteiger partial charge in [-0.05, 0) is 18.2 Å². The van der Waals surface area contributed by atoms with Crippen LogP contribution in [-0.4, -0.2) is 27.9 Å². The Morgan fingerprint density at radius 1 is 1.20 bits per heavy atom. The molecule has 0 aliphatic heterocycles. The van der Waals surface area contributed by atoms with E-state index in [0.29, 0.717) is 12.2 Å². The zero-order valence-electron chi connectivity index (χ0n) is 10.8. The van der Waals surface area contributed by atoms with Crippen LogP contribution in [-0.2, 0) is 0 Å². The minimum Gasteiger partial charge on any atom is -0.394 e. The Labute approximate surface area is 115 Å². The van der Waals surface area contributed by atoms with E-state index in [9.17, 15) is 9.50 Å². The number of rotatable bonds is 4. The van der Waals surface area contributed by atoms with Crippen molar-refractivity contribution in [3.63, 3.8) is 0 Å². The van der Waals surface area contributed by atoms with Gasteiger partial charge < -0.3 is 5.11 Å². The number of nitrogens with zero attached hydrogens (tertiary/aromatic N) is 3. The van der Waals surface area contributed by atoms with Crippen LogP contribution in [0, 0.1) is 5.82 Å². The second-order valence-corrected chi connectivity index (χ2v) is 4.39. The van der Waals surface area contributed by atoms with Gasteiger partial charge in [0.1, 0.15) is 0 Å². The smallest absolute Gasteiger partial charge is 0.166 e. The van der Waals surface area contributed by atoms with E-state index in [0.717, 1.165) is 10.9 Å². The van der Waals surface area contributed by atoms with Gasteiger partial charge in [-0.25, -0.2) is 4.39 Å². The van der Waals surface area contributed by atoms with Crippen LogP contribution < -0.4 is 5.01 Å². The first kappa shape index (κ1) is 12.6. The van der Waals surface area contributed by atoms with E-state index in [1.165, 1.54) is 12.4 Å². The molecule has 5 heteroatoms. The molecule has 0 fully saturated rings. The molecule has 0 spiro atoms. The maximum absolute atomic E-state index is 14.0. The molecular formula is C15H14FN3O. The summed E-state index contributed by atoms with van der Waals surface area (Å²) in [5.74, 6) is -0.418. The number of para-hydroxylation sites is 1. The van der Waals surface area contributed by atoms with Crippen LogP contribution >= 0.6 is 0 Å². The van der Waals surface area contributed by atoms with Gasteiger partial charge in [-0.1, -0.05) is 18.2 Å². The van der Waals surface area contributed by atoms with Gasteiger partial charge in [0.15, 0.2) is 5.82 Å². The Balaban J connectivity index is 2.14.